The van der Waals surface area contributed by atoms with Crippen molar-refractivity contribution in [1.29, 1.82) is 0 Å². The van der Waals surface area contributed by atoms with Gasteiger partial charge in [0.2, 0.25) is 5.91 Å². The summed E-state index contributed by atoms with van der Waals surface area (Å²) in [7, 11) is 0. The van der Waals surface area contributed by atoms with Gasteiger partial charge in [0, 0.05) is 11.8 Å². The van der Waals surface area contributed by atoms with Crippen LogP contribution in [0.1, 0.15) is 53.4 Å². The fourth-order valence-electron chi connectivity index (χ4n) is 2.39. The normalized spacial score (nSPS) is 15.4. The number of fused-ring (bicyclic) bond motifs is 1. The molecule has 2 rings (SSSR count). The lowest BCUT2D eigenvalue weighted by atomic mass is 9.96. The molecular weight excluding hydrogens is 250 g/mol. The Morgan fingerprint density at radius 3 is 2.44 bits per heavy atom. The van der Waals surface area contributed by atoms with Crippen LogP contribution in [0, 0.1) is 0 Å². The van der Waals surface area contributed by atoms with Gasteiger partial charge in [0.05, 0.1) is 5.56 Å². The second-order valence-corrected chi connectivity index (χ2v) is 5.71. The molecule has 0 saturated carbocycles. The molecule has 1 aliphatic rings. The number of hydrogen-bond donors (Lipinski definition) is 2. The van der Waals surface area contributed by atoms with E-state index < -0.39 is 5.97 Å². The van der Waals surface area contributed by atoms with Crippen LogP contribution in [0.15, 0.2) is 0 Å². The van der Waals surface area contributed by atoms with Gasteiger partial charge >= 0.3 is 5.97 Å². The molecule has 1 heterocycles. The van der Waals surface area contributed by atoms with E-state index in [0.29, 0.717) is 10.6 Å². The van der Waals surface area contributed by atoms with Crippen LogP contribution in [0.25, 0.3) is 0 Å². The quantitative estimate of drug-likeness (QED) is 0.865. The Labute approximate surface area is 110 Å². The molecular formula is C13H17NO3S. The molecule has 0 radical (unpaired) electrons. The molecule has 0 aromatic carbocycles. The summed E-state index contributed by atoms with van der Waals surface area (Å²) in [6.07, 6.45) is 6.24. The van der Waals surface area contributed by atoms with Crippen LogP contribution in [0.2, 0.25) is 0 Å². The Morgan fingerprint density at radius 2 is 1.83 bits per heavy atom. The van der Waals surface area contributed by atoms with Gasteiger partial charge in [-0.25, -0.2) is 4.79 Å². The Balaban J connectivity index is 2.43. The number of carboxylic acids is 1. The standard InChI is InChI=1S/C13H17NO3S/c1-8(15)14-12-11(13(16)17)9-6-4-2-3-5-7-10(9)18-12/h2-7H2,1H3,(H,14,15)(H,16,17). The lowest BCUT2D eigenvalue weighted by Crippen LogP contribution is -2.10. The van der Waals surface area contributed by atoms with E-state index in [1.165, 1.54) is 24.7 Å². The van der Waals surface area contributed by atoms with E-state index in [9.17, 15) is 14.7 Å². The van der Waals surface area contributed by atoms with Crippen molar-refractivity contribution in [3.8, 4) is 0 Å². The number of carbonyl (C=O) groups is 2. The molecule has 98 valence electrons. The maximum absolute atomic E-state index is 11.4. The van der Waals surface area contributed by atoms with Gasteiger partial charge in [0.25, 0.3) is 0 Å². The summed E-state index contributed by atoms with van der Waals surface area (Å²) in [5.74, 6) is -1.15. The van der Waals surface area contributed by atoms with Gasteiger partial charge in [0.1, 0.15) is 5.00 Å². The average Bonchev–Trinajstić information content (AvgIpc) is 2.55. The number of thiophene rings is 1. The first-order chi connectivity index (χ1) is 8.59. The van der Waals surface area contributed by atoms with Crippen molar-refractivity contribution >= 4 is 28.2 Å². The first-order valence-electron chi connectivity index (χ1n) is 6.25. The molecule has 4 nitrogen and oxygen atoms in total. The number of nitrogens with one attached hydrogen (secondary N) is 1. The summed E-state index contributed by atoms with van der Waals surface area (Å²) in [5.41, 5.74) is 1.25. The van der Waals surface area contributed by atoms with Crippen molar-refractivity contribution in [2.75, 3.05) is 5.32 Å². The van der Waals surface area contributed by atoms with E-state index in [-0.39, 0.29) is 5.91 Å². The van der Waals surface area contributed by atoms with Gasteiger partial charge in [-0.2, -0.15) is 0 Å². The number of carboxylic acid groups (broad SMARTS) is 1. The number of carbonyl (C=O) groups excluding carboxylic acids is 1. The van der Waals surface area contributed by atoms with Gasteiger partial charge in [-0.05, 0) is 31.2 Å². The highest BCUT2D eigenvalue weighted by Crippen LogP contribution is 2.36. The molecule has 0 spiro atoms. The molecule has 1 aromatic heterocycles. The molecule has 0 fully saturated rings. The van der Waals surface area contributed by atoms with Crippen LogP contribution in [-0.2, 0) is 17.6 Å². The molecule has 0 atom stereocenters. The predicted octanol–water partition coefficient (Wildman–Crippen LogP) is 3.06. The molecule has 0 saturated heterocycles. The molecule has 0 aliphatic heterocycles. The van der Waals surface area contributed by atoms with E-state index >= 15 is 0 Å². The highest BCUT2D eigenvalue weighted by molar-refractivity contribution is 7.17. The first kappa shape index (κ1) is 13.1. The average molecular weight is 267 g/mol. The largest absolute Gasteiger partial charge is 0.478 e. The zero-order valence-electron chi connectivity index (χ0n) is 10.4. The molecule has 0 unspecified atom stereocenters. The molecule has 5 heteroatoms. The van der Waals surface area contributed by atoms with Gasteiger partial charge in [-0.3, -0.25) is 4.79 Å². The fraction of sp³-hybridized carbons (Fsp3) is 0.538. The lowest BCUT2D eigenvalue weighted by Gasteiger charge is -2.09. The summed E-state index contributed by atoms with van der Waals surface area (Å²) >= 11 is 1.43. The minimum Gasteiger partial charge on any atom is -0.478 e. The van der Waals surface area contributed by atoms with Crippen molar-refractivity contribution in [1.82, 2.24) is 0 Å². The van der Waals surface area contributed by atoms with E-state index in [4.69, 9.17) is 0 Å². The van der Waals surface area contributed by atoms with Gasteiger partial charge in [0.15, 0.2) is 0 Å². The number of aryl methyl sites for hydroxylation is 1. The topological polar surface area (TPSA) is 66.4 Å². The van der Waals surface area contributed by atoms with E-state index in [1.54, 1.807) is 0 Å². The van der Waals surface area contributed by atoms with Gasteiger partial charge in [-0.1, -0.05) is 12.8 Å². The van der Waals surface area contributed by atoms with Gasteiger partial charge < -0.3 is 10.4 Å². The third-order valence-corrected chi connectivity index (χ3v) is 4.38. The van der Waals surface area contributed by atoms with Crippen molar-refractivity contribution in [2.45, 2.75) is 45.4 Å². The fourth-order valence-corrected chi connectivity index (χ4v) is 3.72. The van der Waals surface area contributed by atoms with Crippen LogP contribution in [0.4, 0.5) is 5.00 Å². The zero-order valence-corrected chi connectivity index (χ0v) is 11.2. The van der Waals surface area contributed by atoms with Crippen LogP contribution < -0.4 is 5.32 Å². The third-order valence-electron chi connectivity index (χ3n) is 3.17. The summed E-state index contributed by atoms with van der Waals surface area (Å²) in [4.78, 5) is 23.7. The minimum atomic E-state index is -0.933. The third kappa shape index (κ3) is 2.72. The number of hydrogen-bond acceptors (Lipinski definition) is 3. The molecule has 2 N–H and O–H groups in total. The molecule has 1 amide bonds. The Morgan fingerprint density at radius 1 is 1.17 bits per heavy atom. The van der Waals surface area contributed by atoms with E-state index in [0.717, 1.165) is 42.5 Å². The maximum atomic E-state index is 11.4. The molecule has 18 heavy (non-hydrogen) atoms. The monoisotopic (exact) mass is 267 g/mol. The number of amides is 1. The van der Waals surface area contributed by atoms with Crippen LogP contribution in [-0.4, -0.2) is 17.0 Å². The lowest BCUT2D eigenvalue weighted by molar-refractivity contribution is -0.114. The summed E-state index contributed by atoms with van der Waals surface area (Å²) in [6, 6.07) is 0. The van der Waals surface area contributed by atoms with Crippen LogP contribution in [0.5, 0.6) is 0 Å². The SMILES string of the molecule is CC(=O)Nc1sc2c(c1C(=O)O)CCCCCC2. The smallest absolute Gasteiger partial charge is 0.339 e. The predicted molar refractivity (Wildman–Crippen MR) is 71.5 cm³/mol. The van der Waals surface area contributed by atoms with Crippen LogP contribution in [0.3, 0.4) is 0 Å². The van der Waals surface area contributed by atoms with Crippen molar-refractivity contribution in [3.63, 3.8) is 0 Å². The Kier molecular flexibility index (Phi) is 4.01. The number of aromatic carboxylic acids is 1. The summed E-state index contributed by atoms with van der Waals surface area (Å²) < 4.78 is 0. The van der Waals surface area contributed by atoms with Crippen molar-refractivity contribution in [3.05, 3.63) is 16.0 Å². The zero-order chi connectivity index (χ0) is 13.1. The molecule has 0 bridgehead atoms. The second-order valence-electron chi connectivity index (χ2n) is 4.61. The van der Waals surface area contributed by atoms with E-state index in [2.05, 4.69) is 5.32 Å². The summed E-state index contributed by atoms with van der Waals surface area (Å²) in [6.45, 7) is 1.41. The van der Waals surface area contributed by atoms with Gasteiger partial charge in [-0.15, -0.1) is 11.3 Å². The highest BCUT2D eigenvalue weighted by atomic mass is 32.1. The minimum absolute atomic E-state index is 0.216. The van der Waals surface area contributed by atoms with Crippen molar-refractivity contribution in [2.24, 2.45) is 0 Å². The number of anilines is 1. The number of rotatable bonds is 2. The highest BCUT2D eigenvalue weighted by Gasteiger charge is 2.24. The first-order valence-corrected chi connectivity index (χ1v) is 7.06. The molecule has 1 aromatic rings. The Hall–Kier alpha value is -1.36. The van der Waals surface area contributed by atoms with E-state index in [1.807, 2.05) is 0 Å². The second kappa shape index (κ2) is 5.52. The van der Waals surface area contributed by atoms with Crippen LogP contribution >= 0.6 is 11.3 Å². The maximum Gasteiger partial charge on any atom is 0.339 e. The molecule has 1 aliphatic carbocycles. The Bertz CT molecular complexity index is 479. The summed E-state index contributed by atoms with van der Waals surface area (Å²) in [5, 5.41) is 12.5. The van der Waals surface area contributed by atoms with Crippen molar-refractivity contribution < 1.29 is 14.7 Å².